The Morgan fingerprint density at radius 3 is 2.31 bits per heavy atom. The van der Waals surface area contributed by atoms with Crippen LogP contribution in [0.3, 0.4) is 0 Å². The Kier molecular flexibility index (Phi) is 4.64. The van der Waals surface area contributed by atoms with Crippen molar-refractivity contribution >= 4 is 30.5 Å². The van der Waals surface area contributed by atoms with Gasteiger partial charge in [0, 0.05) is 6.20 Å². The van der Waals surface area contributed by atoms with Gasteiger partial charge < -0.3 is 4.40 Å². The van der Waals surface area contributed by atoms with Gasteiger partial charge in [-0.25, -0.2) is 4.98 Å². The van der Waals surface area contributed by atoms with Gasteiger partial charge in [0.15, 0.2) is 5.69 Å². The maximum atomic E-state index is 12.4. The van der Waals surface area contributed by atoms with E-state index in [1.54, 1.807) is 24.4 Å². The summed E-state index contributed by atoms with van der Waals surface area (Å²) in [5.74, 6) is 0. The van der Waals surface area contributed by atoms with Gasteiger partial charge >= 0.3 is 6.18 Å². The second kappa shape index (κ2) is 4.93. The predicted octanol–water partition coefficient (Wildman–Crippen LogP) is 3.51. The van der Waals surface area contributed by atoms with Crippen LogP contribution in [0.25, 0.3) is 5.65 Å². The summed E-state index contributed by atoms with van der Waals surface area (Å²) in [5, 5.41) is 0. The maximum absolute atomic E-state index is 12.4. The van der Waals surface area contributed by atoms with Crippen LogP contribution < -0.4 is 0 Å². The molecule has 0 aliphatic rings. The third-order valence-electron chi connectivity index (χ3n) is 2.04. The van der Waals surface area contributed by atoms with E-state index in [2.05, 4.69) is 4.98 Å². The number of halogens is 5. The van der Waals surface area contributed by atoms with Crippen molar-refractivity contribution in [2.45, 2.75) is 13.1 Å². The first-order valence-corrected chi connectivity index (χ1v) is 4.01. The van der Waals surface area contributed by atoms with Gasteiger partial charge in [0.1, 0.15) is 5.65 Å². The van der Waals surface area contributed by atoms with Crippen LogP contribution in [0.2, 0.25) is 0 Å². The first-order chi connectivity index (χ1) is 6.50. The van der Waals surface area contributed by atoms with Crippen molar-refractivity contribution in [2.75, 3.05) is 0 Å². The number of hydrogen-bond acceptors (Lipinski definition) is 1. The predicted molar refractivity (Wildman–Crippen MR) is 59.4 cm³/mol. The zero-order valence-corrected chi connectivity index (χ0v) is 9.79. The highest BCUT2D eigenvalue weighted by Gasteiger charge is 2.36. The molecule has 2 aromatic rings. The van der Waals surface area contributed by atoms with Crippen LogP contribution in [-0.2, 0) is 6.18 Å². The van der Waals surface area contributed by atoms with Crippen molar-refractivity contribution in [3.05, 3.63) is 35.8 Å². The second-order valence-corrected chi connectivity index (χ2v) is 2.97. The van der Waals surface area contributed by atoms with Gasteiger partial charge in [0.05, 0.1) is 5.69 Å². The van der Waals surface area contributed by atoms with Crippen LogP contribution >= 0.6 is 24.8 Å². The lowest BCUT2D eigenvalue weighted by atomic mass is 10.3. The zero-order valence-electron chi connectivity index (χ0n) is 8.15. The monoisotopic (exact) mass is 272 g/mol. The van der Waals surface area contributed by atoms with Crippen LogP contribution in [0, 0.1) is 6.92 Å². The van der Waals surface area contributed by atoms with E-state index in [1.807, 2.05) is 0 Å². The summed E-state index contributed by atoms with van der Waals surface area (Å²) in [5.41, 5.74) is -0.380. The first-order valence-electron chi connectivity index (χ1n) is 4.01. The molecule has 0 saturated heterocycles. The Morgan fingerprint density at radius 1 is 1.19 bits per heavy atom. The zero-order chi connectivity index (χ0) is 10.3. The largest absolute Gasteiger partial charge is 0.435 e. The molecular weight excluding hydrogens is 264 g/mol. The SMILES string of the molecule is Cc1c(C(F)(F)F)nc2ccccn12.Cl.Cl. The molecule has 16 heavy (non-hydrogen) atoms. The average molecular weight is 273 g/mol. The summed E-state index contributed by atoms with van der Waals surface area (Å²) in [6, 6.07) is 4.87. The molecule has 0 fully saturated rings. The third kappa shape index (κ3) is 2.41. The van der Waals surface area contributed by atoms with Crippen molar-refractivity contribution in [3.8, 4) is 0 Å². The Morgan fingerprint density at radius 2 is 1.81 bits per heavy atom. The molecule has 0 aromatic carbocycles. The fourth-order valence-corrected chi connectivity index (χ4v) is 1.39. The Labute approximate surface area is 102 Å². The molecule has 0 spiro atoms. The average Bonchev–Trinajstić information content (AvgIpc) is 2.44. The first kappa shape index (κ1) is 15.1. The standard InChI is InChI=1S/C9H7F3N2.2ClH/c1-6-8(9(10,11)12)13-7-4-2-3-5-14(6)7;;/h2-5H,1H3;2*1H. The molecule has 0 saturated carbocycles. The highest BCUT2D eigenvalue weighted by molar-refractivity contribution is 5.85. The topological polar surface area (TPSA) is 17.3 Å². The number of hydrogen-bond donors (Lipinski definition) is 0. The molecule has 0 N–H and O–H groups in total. The summed E-state index contributed by atoms with van der Waals surface area (Å²) in [6.45, 7) is 1.41. The summed E-state index contributed by atoms with van der Waals surface area (Å²) >= 11 is 0. The van der Waals surface area contributed by atoms with E-state index in [0.29, 0.717) is 5.65 Å². The fraction of sp³-hybridized carbons (Fsp3) is 0.222. The van der Waals surface area contributed by atoms with E-state index in [-0.39, 0.29) is 30.5 Å². The van der Waals surface area contributed by atoms with E-state index < -0.39 is 11.9 Å². The third-order valence-corrected chi connectivity index (χ3v) is 2.04. The quantitative estimate of drug-likeness (QED) is 0.718. The van der Waals surface area contributed by atoms with E-state index in [9.17, 15) is 13.2 Å². The maximum Gasteiger partial charge on any atom is 0.435 e. The molecule has 7 heteroatoms. The van der Waals surface area contributed by atoms with Crippen molar-refractivity contribution in [1.82, 2.24) is 9.38 Å². The molecule has 0 atom stereocenters. The Bertz CT molecular complexity index is 479. The van der Waals surface area contributed by atoms with E-state index in [0.717, 1.165) is 0 Å². The van der Waals surface area contributed by atoms with Crippen molar-refractivity contribution in [1.29, 1.82) is 0 Å². The van der Waals surface area contributed by atoms with Crippen LogP contribution in [0.1, 0.15) is 11.4 Å². The van der Waals surface area contributed by atoms with Crippen LogP contribution in [-0.4, -0.2) is 9.38 Å². The number of aryl methyl sites for hydroxylation is 1. The van der Waals surface area contributed by atoms with E-state index in [4.69, 9.17) is 0 Å². The minimum Gasteiger partial charge on any atom is -0.304 e. The number of pyridine rings is 1. The Hall–Kier alpha value is -0.940. The van der Waals surface area contributed by atoms with E-state index in [1.165, 1.54) is 11.3 Å². The highest BCUT2D eigenvalue weighted by atomic mass is 35.5. The van der Waals surface area contributed by atoms with Crippen LogP contribution in [0.15, 0.2) is 24.4 Å². The molecule has 0 amide bonds. The number of rotatable bonds is 0. The lowest BCUT2D eigenvalue weighted by Crippen LogP contribution is -2.07. The summed E-state index contributed by atoms with van der Waals surface area (Å²) in [7, 11) is 0. The van der Waals surface area contributed by atoms with Gasteiger partial charge in [-0.15, -0.1) is 24.8 Å². The fourth-order valence-electron chi connectivity index (χ4n) is 1.39. The molecule has 2 nitrogen and oxygen atoms in total. The molecule has 2 heterocycles. The van der Waals surface area contributed by atoms with E-state index >= 15 is 0 Å². The van der Waals surface area contributed by atoms with Gasteiger partial charge in [-0.05, 0) is 19.1 Å². The highest BCUT2D eigenvalue weighted by Crippen LogP contribution is 2.31. The van der Waals surface area contributed by atoms with Gasteiger partial charge in [-0.2, -0.15) is 13.2 Å². The lowest BCUT2D eigenvalue weighted by molar-refractivity contribution is -0.141. The number of imidazole rings is 1. The lowest BCUT2D eigenvalue weighted by Gasteiger charge is -2.02. The number of alkyl halides is 3. The molecule has 0 bridgehead atoms. The van der Waals surface area contributed by atoms with Crippen molar-refractivity contribution in [3.63, 3.8) is 0 Å². The molecule has 90 valence electrons. The molecule has 2 rings (SSSR count). The molecule has 2 aromatic heterocycles. The van der Waals surface area contributed by atoms with Gasteiger partial charge in [-0.3, -0.25) is 0 Å². The number of nitrogens with zero attached hydrogens (tertiary/aromatic N) is 2. The summed E-state index contributed by atoms with van der Waals surface area (Å²) in [4.78, 5) is 3.52. The van der Waals surface area contributed by atoms with Crippen LogP contribution in [0.4, 0.5) is 13.2 Å². The molecule has 0 aliphatic carbocycles. The summed E-state index contributed by atoms with van der Waals surface area (Å²) in [6.07, 6.45) is -2.82. The Balaban J connectivity index is 0.00000112. The minimum absolute atomic E-state index is 0. The molecule has 0 radical (unpaired) electrons. The number of fused-ring (bicyclic) bond motifs is 1. The minimum atomic E-state index is -4.38. The molecule has 0 aliphatic heterocycles. The normalized spacial score (nSPS) is 10.8. The summed E-state index contributed by atoms with van der Waals surface area (Å²) < 4.78 is 38.7. The van der Waals surface area contributed by atoms with Gasteiger partial charge in [-0.1, -0.05) is 6.07 Å². The molecule has 0 unspecified atom stereocenters. The molecular formula is C9H9Cl2F3N2. The number of aromatic nitrogens is 2. The van der Waals surface area contributed by atoms with Crippen LogP contribution in [0.5, 0.6) is 0 Å². The smallest absolute Gasteiger partial charge is 0.304 e. The van der Waals surface area contributed by atoms with Crippen molar-refractivity contribution < 1.29 is 13.2 Å². The van der Waals surface area contributed by atoms with Gasteiger partial charge in [0.2, 0.25) is 0 Å². The second-order valence-electron chi connectivity index (χ2n) is 2.97. The van der Waals surface area contributed by atoms with Gasteiger partial charge in [0.25, 0.3) is 0 Å². The van der Waals surface area contributed by atoms with Crippen molar-refractivity contribution in [2.24, 2.45) is 0 Å².